The van der Waals surface area contributed by atoms with Crippen LogP contribution in [0.3, 0.4) is 0 Å². The van der Waals surface area contributed by atoms with Crippen LogP contribution in [0.5, 0.6) is 5.75 Å². The van der Waals surface area contributed by atoms with Gasteiger partial charge in [-0.15, -0.1) is 0 Å². The summed E-state index contributed by atoms with van der Waals surface area (Å²) in [6, 6.07) is 3.36. The Morgan fingerprint density at radius 3 is 2.58 bits per heavy atom. The molecular formula is C13H16N2O4. The van der Waals surface area contributed by atoms with E-state index in [0.29, 0.717) is 6.54 Å². The molecule has 0 aliphatic heterocycles. The van der Waals surface area contributed by atoms with Crippen LogP contribution < -0.4 is 10.6 Å². The van der Waals surface area contributed by atoms with Crippen LogP contribution in [0.25, 0.3) is 0 Å². The number of amides is 2. The average Bonchev–Trinajstić information content (AvgIpc) is 3.08. The highest BCUT2D eigenvalue weighted by atomic mass is 16.4. The number of rotatable bonds is 4. The summed E-state index contributed by atoms with van der Waals surface area (Å²) in [5.74, 6) is -1.40. The van der Waals surface area contributed by atoms with Crippen molar-refractivity contribution in [2.45, 2.75) is 19.8 Å². The third-order valence-corrected chi connectivity index (χ3v) is 3.27. The maximum absolute atomic E-state index is 11.6. The first-order valence-corrected chi connectivity index (χ1v) is 6.01. The van der Waals surface area contributed by atoms with Gasteiger partial charge >= 0.3 is 12.0 Å². The molecule has 0 atom stereocenters. The van der Waals surface area contributed by atoms with E-state index in [1.165, 1.54) is 12.1 Å². The van der Waals surface area contributed by atoms with Crippen LogP contribution in [0, 0.1) is 5.41 Å². The lowest BCUT2D eigenvalue weighted by atomic mass is 10.1. The van der Waals surface area contributed by atoms with Gasteiger partial charge in [0.25, 0.3) is 0 Å². The largest absolute Gasteiger partial charge is 0.506 e. The number of hydrogen-bond acceptors (Lipinski definition) is 3. The molecule has 1 aliphatic carbocycles. The molecule has 19 heavy (non-hydrogen) atoms. The van der Waals surface area contributed by atoms with Gasteiger partial charge in [0.1, 0.15) is 5.75 Å². The van der Waals surface area contributed by atoms with Crippen LogP contribution in [0.4, 0.5) is 10.5 Å². The molecule has 0 unspecified atom stereocenters. The van der Waals surface area contributed by atoms with E-state index < -0.39 is 12.0 Å². The van der Waals surface area contributed by atoms with E-state index in [2.05, 4.69) is 17.6 Å². The van der Waals surface area contributed by atoms with Crippen LogP contribution in [0.15, 0.2) is 18.2 Å². The van der Waals surface area contributed by atoms with Gasteiger partial charge < -0.3 is 20.8 Å². The second kappa shape index (κ2) is 4.79. The van der Waals surface area contributed by atoms with Crippen LogP contribution in [-0.4, -0.2) is 28.8 Å². The van der Waals surface area contributed by atoms with Crippen LogP contribution >= 0.6 is 0 Å². The van der Waals surface area contributed by atoms with E-state index in [1.807, 2.05) is 0 Å². The zero-order valence-electron chi connectivity index (χ0n) is 10.6. The molecule has 0 aromatic heterocycles. The van der Waals surface area contributed by atoms with Gasteiger partial charge in [0.15, 0.2) is 0 Å². The minimum Gasteiger partial charge on any atom is -0.506 e. The van der Waals surface area contributed by atoms with Crippen molar-refractivity contribution in [1.82, 2.24) is 5.32 Å². The third-order valence-electron chi connectivity index (χ3n) is 3.27. The van der Waals surface area contributed by atoms with E-state index in [1.54, 1.807) is 0 Å². The van der Waals surface area contributed by atoms with E-state index in [4.69, 9.17) is 5.11 Å². The number of carbonyl (C=O) groups is 2. The average molecular weight is 264 g/mol. The Labute approximate surface area is 110 Å². The molecule has 4 N–H and O–H groups in total. The van der Waals surface area contributed by atoms with Gasteiger partial charge in [-0.1, -0.05) is 6.92 Å². The lowest BCUT2D eigenvalue weighted by Crippen LogP contribution is -2.32. The Balaban J connectivity index is 1.94. The van der Waals surface area contributed by atoms with Crippen molar-refractivity contribution < 1.29 is 19.8 Å². The normalized spacial score (nSPS) is 15.6. The molecule has 1 aliphatic rings. The molecule has 1 aromatic rings. The fourth-order valence-corrected chi connectivity index (χ4v) is 1.62. The summed E-state index contributed by atoms with van der Waals surface area (Å²) in [5, 5.41) is 23.6. The Hall–Kier alpha value is -2.24. The second-order valence-electron chi connectivity index (χ2n) is 5.16. The van der Waals surface area contributed by atoms with Crippen molar-refractivity contribution in [3.05, 3.63) is 23.8 Å². The first-order chi connectivity index (χ1) is 8.89. The number of urea groups is 1. The molecule has 1 saturated carbocycles. The number of carbonyl (C=O) groups excluding carboxylic acids is 1. The van der Waals surface area contributed by atoms with Crippen LogP contribution in [0.1, 0.15) is 30.1 Å². The van der Waals surface area contributed by atoms with Crippen molar-refractivity contribution in [3.63, 3.8) is 0 Å². The number of aromatic hydroxyl groups is 1. The summed E-state index contributed by atoms with van der Waals surface area (Å²) in [4.78, 5) is 22.3. The fraction of sp³-hybridized carbons (Fsp3) is 0.385. The van der Waals surface area contributed by atoms with Gasteiger partial charge in [-0.2, -0.15) is 0 Å². The molecule has 0 spiro atoms. The van der Waals surface area contributed by atoms with Crippen molar-refractivity contribution in [2.75, 3.05) is 11.9 Å². The predicted molar refractivity (Wildman–Crippen MR) is 69.4 cm³/mol. The monoisotopic (exact) mass is 264 g/mol. The number of hydrogen-bond donors (Lipinski definition) is 4. The topological polar surface area (TPSA) is 98.7 Å². The Kier molecular flexibility index (Phi) is 3.33. The number of anilines is 1. The molecular weight excluding hydrogens is 248 g/mol. The first kappa shape index (κ1) is 13.2. The molecule has 0 bridgehead atoms. The first-order valence-electron chi connectivity index (χ1n) is 6.01. The van der Waals surface area contributed by atoms with Crippen molar-refractivity contribution in [1.29, 1.82) is 0 Å². The maximum atomic E-state index is 11.6. The number of phenolic OH excluding ortho intramolecular Hbond substituents is 1. The Bertz CT molecular complexity index is 523. The van der Waals surface area contributed by atoms with Gasteiger partial charge in [0, 0.05) is 6.54 Å². The minimum absolute atomic E-state index is 0.0334. The summed E-state index contributed by atoms with van der Waals surface area (Å²) < 4.78 is 0. The lowest BCUT2D eigenvalue weighted by Gasteiger charge is -2.12. The van der Waals surface area contributed by atoms with Gasteiger partial charge in [-0.25, -0.2) is 9.59 Å². The number of carboxylic acids is 1. The Morgan fingerprint density at radius 2 is 2.05 bits per heavy atom. The van der Waals surface area contributed by atoms with Crippen molar-refractivity contribution >= 4 is 17.7 Å². The highest BCUT2D eigenvalue weighted by molar-refractivity contribution is 5.93. The molecule has 1 fully saturated rings. The number of phenols is 1. The second-order valence-corrected chi connectivity index (χ2v) is 5.16. The number of carboxylic acid groups (broad SMARTS) is 1. The van der Waals surface area contributed by atoms with Crippen molar-refractivity contribution in [2.24, 2.45) is 5.41 Å². The number of nitrogens with one attached hydrogen (secondary N) is 2. The quantitative estimate of drug-likeness (QED) is 0.625. The van der Waals surface area contributed by atoms with Crippen LogP contribution in [-0.2, 0) is 0 Å². The van der Waals surface area contributed by atoms with Gasteiger partial charge in [-0.3, -0.25) is 0 Å². The molecule has 0 saturated heterocycles. The van der Waals surface area contributed by atoms with Gasteiger partial charge in [0.2, 0.25) is 0 Å². The molecule has 0 heterocycles. The molecule has 2 rings (SSSR count). The summed E-state index contributed by atoms with van der Waals surface area (Å²) >= 11 is 0. The smallest absolute Gasteiger partial charge is 0.335 e. The summed E-state index contributed by atoms with van der Waals surface area (Å²) in [5.41, 5.74) is 0.351. The van der Waals surface area contributed by atoms with E-state index in [-0.39, 0.29) is 22.4 Å². The molecule has 6 nitrogen and oxygen atoms in total. The van der Waals surface area contributed by atoms with E-state index in [9.17, 15) is 14.7 Å². The number of benzene rings is 1. The Morgan fingerprint density at radius 1 is 1.37 bits per heavy atom. The molecule has 6 heteroatoms. The van der Waals surface area contributed by atoms with Crippen LogP contribution in [0.2, 0.25) is 0 Å². The minimum atomic E-state index is -1.13. The summed E-state index contributed by atoms with van der Waals surface area (Å²) in [6.07, 6.45) is 2.21. The highest BCUT2D eigenvalue weighted by Crippen LogP contribution is 2.44. The third kappa shape index (κ3) is 3.37. The van der Waals surface area contributed by atoms with E-state index >= 15 is 0 Å². The zero-order valence-corrected chi connectivity index (χ0v) is 10.6. The zero-order chi connectivity index (χ0) is 14.0. The molecule has 2 amide bonds. The van der Waals surface area contributed by atoms with Gasteiger partial charge in [0.05, 0.1) is 11.3 Å². The van der Waals surface area contributed by atoms with Gasteiger partial charge in [-0.05, 0) is 36.5 Å². The predicted octanol–water partition coefficient (Wildman–Crippen LogP) is 2.01. The standard InChI is InChI=1S/C13H16N2O4/c1-13(4-5-13)7-14-12(19)15-9-3-2-8(11(17)18)6-10(9)16/h2-3,6,16H,4-5,7H2,1H3,(H,17,18)(H2,14,15,19). The fourth-order valence-electron chi connectivity index (χ4n) is 1.62. The lowest BCUT2D eigenvalue weighted by molar-refractivity contribution is 0.0696. The number of aromatic carboxylic acids is 1. The van der Waals surface area contributed by atoms with E-state index in [0.717, 1.165) is 18.9 Å². The molecule has 102 valence electrons. The molecule has 0 radical (unpaired) electrons. The molecule has 1 aromatic carbocycles. The SMILES string of the molecule is CC1(CNC(=O)Nc2ccc(C(=O)O)cc2O)CC1. The highest BCUT2D eigenvalue weighted by Gasteiger charge is 2.37. The summed E-state index contributed by atoms with van der Waals surface area (Å²) in [6.45, 7) is 2.68. The summed E-state index contributed by atoms with van der Waals surface area (Å²) in [7, 11) is 0. The maximum Gasteiger partial charge on any atom is 0.335 e. The van der Waals surface area contributed by atoms with Crippen molar-refractivity contribution in [3.8, 4) is 5.75 Å².